The van der Waals surface area contributed by atoms with Gasteiger partial charge in [0.2, 0.25) is 0 Å². The van der Waals surface area contributed by atoms with Crippen LogP contribution in [0.3, 0.4) is 0 Å². The zero-order valence-electron chi connectivity index (χ0n) is 18.7. The third-order valence-corrected chi connectivity index (χ3v) is 6.18. The van der Waals surface area contributed by atoms with Crippen LogP contribution < -0.4 is 0 Å². The smallest absolute Gasteiger partial charge is 0.127 e. The first-order valence-electron chi connectivity index (χ1n) is 11.4. The quantitative estimate of drug-likeness (QED) is 0.298. The summed E-state index contributed by atoms with van der Waals surface area (Å²) in [6.45, 7) is 2.12. The van der Waals surface area contributed by atoms with Crippen LogP contribution in [0.4, 0.5) is 0 Å². The second-order valence-electron chi connectivity index (χ2n) is 8.14. The zero-order valence-corrected chi connectivity index (χ0v) is 18.7. The standard InChI is InChI=1S/C32H26O/c1-2-27-28(23-15-7-3-8-16-23)29(24-17-9-4-10-18-24)30(25-19-11-5-12-20-25)31(32(27)33)26-21-13-6-14-22-26/h3-22,33H,2H2,1H3. The van der Waals surface area contributed by atoms with Crippen molar-refractivity contribution in [2.45, 2.75) is 13.3 Å². The van der Waals surface area contributed by atoms with E-state index in [4.69, 9.17) is 0 Å². The van der Waals surface area contributed by atoms with Gasteiger partial charge in [-0.2, -0.15) is 0 Å². The number of hydrogen-bond acceptors (Lipinski definition) is 1. The van der Waals surface area contributed by atoms with Gasteiger partial charge in [0, 0.05) is 16.7 Å². The lowest BCUT2D eigenvalue weighted by Gasteiger charge is -2.25. The first-order chi connectivity index (χ1) is 16.3. The second kappa shape index (κ2) is 9.18. The Hall–Kier alpha value is -4.10. The minimum atomic E-state index is 0.362. The third-order valence-electron chi connectivity index (χ3n) is 6.18. The van der Waals surface area contributed by atoms with E-state index in [1.165, 1.54) is 0 Å². The van der Waals surface area contributed by atoms with Crippen molar-refractivity contribution in [1.82, 2.24) is 0 Å². The van der Waals surface area contributed by atoms with E-state index in [0.29, 0.717) is 5.75 Å². The summed E-state index contributed by atoms with van der Waals surface area (Å²) in [6, 6.07) is 41.6. The van der Waals surface area contributed by atoms with Gasteiger partial charge < -0.3 is 5.11 Å². The molecule has 0 aromatic heterocycles. The van der Waals surface area contributed by atoms with Gasteiger partial charge in [-0.15, -0.1) is 0 Å². The molecule has 0 fully saturated rings. The minimum Gasteiger partial charge on any atom is -0.507 e. The minimum absolute atomic E-state index is 0.362. The van der Waals surface area contributed by atoms with E-state index in [2.05, 4.69) is 91.9 Å². The summed E-state index contributed by atoms with van der Waals surface area (Å²) in [6.07, 6.45) is 0.727. The van der Waals surface area contributed by atoms with E-state index in [1.807, 2.05) is 36.4 Å². The Kier molecular flexibility index (Phi) is 5.78. The molecule has 5 aromatic carbocycles. The van der Waals surface area contributed by atoms with Crippen molar-refractivity contribution >= 4 is 0 Å². The summed E-state index contributed by atoms with van der Waals surface area (Å²) in [5, 5.41) is 11.8. The predicted molar refractivity (Wildman–Crippen MR) is 139 cm³/mol. The van der Waals surface area contributed by atoms with Gasteiger partial charge in [-0.25, -0.2) is 0 Å². The Balaban J connectivity index is 2.03. The largest absolute Gasteiger partial charge is 0.507 e. The molecule has 0 amide bonds. The van der Waals surface area contributed by atoms with Crippen LogP contribution in [0.1, 0.15) is 12.5 Å². The van der Waals surface area contributed by atoms with Gasteiger partial charge in [0.25, 0.3) is 0 Å². The summed E-state index contributed by atoms with van der Waals surface area (Å²) < 4.78 is 0. The van der Waals surface area contributed by atoms with Crippen molar-refractivity contribution in [2.75, 3.05) is 0 Å². The average molecular weight is 427 g/mol. The molecule has 5 aromatic rings. The average Bonchev–Trinajstić information content (AvgIpc) is 2.90. The number of hydrogen-bond donors (Lipinski definition) is 1. The Bertz CT molecular complexity index is 1360. The normalized spacial score (nSPS) is 10.8. The van der Waals surface area contributed by atoms with Crippen molar-refractivity contribution in [3.05, 3.63) is 127 Å². The molecular formula is C32H26O. The summed E-state index contributed by atoms with van der Waals surface area (Å²) in [4.78, 5) is 0. The first-order valence-corrected chi connectivity index (χ1v) is 11.4. The topological polar surface area (TPSA) is 20.2 Å². The number of aromatic hydroxyl groups is 1. The van der Waals surface area contributed by atoms with Crippen LogP contribution in [0.25, 0.3) is 44.5 Å². The van der Waals surface area contributed by atoms with Gasteiger partial charge in [0.05, 0.1) is 0 Å². The fourth-order valence-electron chi connectivity index (χ4n) is 4.73. The number of phenolic OH excluding ortho intramolecular Hbond substituents is 1. The fraction of sp³-hybridized carbons (Fsp3) is 0.0625. The molecule has 5 rings (SSSR count). The molecule has 0 aliphatic carbocycles. The molecule has 0 saturated heterocycles. The monoisotopic (exact) mass is 426 g/mol. The molecule has 1 N–H and O–H groups in total. The van der Waals surface area contributed by atoms with E-state index in [0.717, 1.165) is 56.5 Å². The molecule has 160 valence electrons. The molecule has 33 heavy (non-hydrogen) atoms. The Morgan fingerprint density at radius 1 is 0.424 bits per heavy atom. The molecule has 0 heterocycles. The lowest BCUT2D eigenvalue weighted by molar-refractivity contribution is 0.471. The van der Waals surface area contributed by atoms with Gasteiger partial charge in [0.15, 0.2) is 0 Å². The predicted octanol–water partition coefficient (Wildman–Crippen LogP) is 8.62. The maximum absolute atomic E-state index is 11.8. The van der Waals surface area contributed by atoms with Crippen molar-refractivity contribution in [1.29, 1.82) is 0 Å². The first kappa shape index (κ1) is 20.8. The summed E-state index contributed by atoms with van der Waals surface area (Å²) in [7, 11) is 0. The molecule has 0 aliphatic rings. The molecule has 1 heteroatoms. The highest BCUT2D eigenvalue weighted by atomic mass is 16.3. The van der Waals surface area contributed by atoms with Gasteiger partial charge in [-0.05, 0) is 39.8 Å². The summed E-state index contributed by atoms with van der Waals surface area (Å²) in [5.74, 6) is 0.362. The molecule has 0 bridgehead atoms. The highest BCUT2D eigenvalue weighted by molar-refractivity contribution is 6.05. The van der Waals surface area contributed by atoms with Crippen LogP contribution in [0.5, 0.6) is 5.75 Å². The molecule has 0 saturated carbocycles. The van der Waals surface area contributed by atoms with Crippen molar-refractivity contribution in [3.8, 4) is 50.3 Å². The van der Waals surface area contributed by atoms with Crippen LogP contribution in [0.15, 0.2) is 121 Å². The number of benzene rings is 5. The van der Waals surface area contributed by atoms with Crippen LogP contribution in [0, 0.1) is 0 Å². The van der Waals surface area contributed by atoms with Crippen molar-refractivity contribution < 1.29 is 5.11 Å². The van der Waals surface area contributed by atoms with Crippen LogP contribution in [-0.2, 0) is 6.42 Å². The molecule has 0 unspecified atom stereocenters. The number of phenols is 1. The third kappa shape index (κ3) is 3.83. The number of rotatable bonds is 5. The molecular weight excluding hydrogens is 400 g/mol. The second-order valence-corrected chi connectivity index (χ2v) is 8.14. The van der Waals surface area contributed by atoms with Gasteiger partial charge in [0.1, 0.15) is 5.75 Å². The van der Waals surface area contributed by atoms with Crippen LogP contribution in [0.2, 0.25) is 0 Å². The lowest BCUT2D eigenvalue weighted by Crippen LogP contribution is -2.00. The SMILES string of the molecule is CCc1c(O)c(-c2ccccc2)c(-c2ccccc2)c(-c2ccccc2)c1-c1ccccc1. The Morgan fingerprint density at radius 3 is 1.09 bits per heavy atom. The van der Waals surface area contributed by atoms with Gasteiger partial charge in [-0.3, -0.25) is 0 Å². The lowest BCUT2D eigenvalue weighted by atomic mass is 9.79. The molecule has 0 aliphatic heterocycles. The molecule has 0 atom stereocenters. The highest BCUT2D eigenvalue weighted by Crippen LogP contribution is 2.52. The van der Waals surface area contributed by atoms with E-state index in [9.17, 15) is 5.11 Å². The highest BCUT2D eigenvalue weighted by Gasteiger charge is 2.26. The van der Waals surface area contributed by atoms with E-state index >= 15 is 0 Å². The van der Waals surface area contributed by atoms with Gasteiger partial charge in [-0.1, -0.05) is 128 Å². The van der Waals surface area contributed by atoms with E-state index < -0.39 is 0 Å². The molecule has 0 radical (unpaired) electrons. The Labute approximate surface area is 195 Å². The fourth-order valence-corrected chi connectivity index (χ4v) is 4.73. The van der Waals surface area contributed by atoms with E-state index in [1.54, 1.807) is 0 Å². The van der Waals surface area contributed by atoms with Crippen LogP contribution in [-0.4, -0.2) is 5.11 Å². The maximum atomic E-state index is 11.8. The molecule has 0 spiro atoms. The van der Waals surface area contributed by atoms with Crippen molar-refractivity contribution in [3.63, 3.8) is 0 Å². The summed E-state index contributed by atoms with van der Waals surface area (Å²) in [5.41, 5.74) is 9.52. The maximum Gasteiger partial charge on any atom is 0.127 e. The zero-order chi connectivity index (χ0) is 22.6. The van der Waals surface area contributed by atoms with E-state index in [-0.39, 0.29) is 0 Å². The molecule has 1 nitrogen and oxygen atoms in total. The van der Waals surface area contributed by atoms with Gasteiger partial charge >= 0.3 is 0 Å². The summed E-state index contributed by atoms with van der Waals surface area (Å²) >= 11 is 0. The Morgan fingerprint density at radius 2 is 0.727 bits per heavy atom. The van der Waals surface area contributed by atoms with Crippen molar-refractivity contribution in [2.24, 2.45) is 0 Å². The van der Waals surface area contributed by atoms with Crippen LogP contribution >= 0.6 is 0 Å².